The van der Waals surface area contributed by atoms with Gasteiger partial charge in [0, 0.05) is 19.0 Å². The van der Waals surface area contributed by atoms with E-state index >= 15 is 0 Å². The molecule has 0 saturated carbocycles. The van der Waals surface area contributed by atoms with Crippen molar-refractivity contribution in [3.8, 4) is 17.6 Å². The molecule has 3 atom stereocenters. The number of aliphatic hydroxyl groups is 1. The lowest BCUT2D eigenvalue weighted by molar-refractivity contribution is 0.0427. The third kappa shape index (κ3) is 10.2. The number of hydrogen-bond donors (Lipinski definition) is 3. The molecule has 2 aromatic carbocycles. The summed E-state index contributed by atoms with van der Waals surface area (Å²) in [7, 11) is -2.69. The summed E-state index contributed by atoms with van der Waals surface area (Å²) in [6.45, 7) is 6.52. The zero-order valence-corrected chi connectivity index (χ0v) is 23.2. The van der Waals surface area contributed by atoms with E-state index in [2.05, 4.69) is 10.0 Å². The van der Waals surface area contributed by atoms with Gasteiger partial charge in [0.15, 0.2) is 0 Å². The first kappa shape index (κ1) is 30.9. The Labute approximate surface area is 225 Å². The highest BCUT2D eigenvalue weighted by Gasteiger charge is 2.28. The van der Waals surface area contributed by atoms with Gasteiger partial charge in [-0.25, -0.2) is 17.9 Å². The Kier molecular flexibility index (Phi) is 11.4. The van der Waals surface area contributed by atoms with Crippen molar-refractivity contribution in [2.24, 2.45) is 0 Å². The lowest BCUT2D eigenvalue weighted by Gasteiger charge is -2.27. The third-order valence-corrected chi connectivity index (χ3v) is 6.84. The lowest BCUT2D eigenvalue weighted by atomic mass is 10.0. The van der Waals surface area contributed by atoms with Crippen LogP contribution in [0.3, 0.4) is 0 Å². The van der Waals surface area contributed by atoms with E-state index < -0.39 is 40.0 Å². The Balaban J connectivity index is 2.22. The summed E-state index contributed by atoms with van der Waals surface area (Å²) in [5.74, 6) is 0.459. The quantitative estimate of drug-likeness (QED) is 0.345. The minimum Gasteiger partial charge on any atom is -0.497 e. The number of nitriles is 1. The van der Waals surface area contributed by atoms with Gasteiger partial charge in [0.25, 0.3) is 0 Å². The van der Waals surface area contributed by atoms with Gasteiger partial charge in [-0.3, -0.25) is 0 Å². The normalized spacial score (nSPS) is 14.0. The summed E-state index contributed by atoms with van der Waals surface area (Å²) in [6, 6.07) is 14.7. The molecule has 0 radical (unpaired) electrons. The third-order valence-electron chi connectivity index (χ3n) is 5.38. The zero-order valence-electron chi connectivity index (χ0n) is 22.4. The van der Waals surface area contributed by atoms with E-state index in [9.17, 15) is 18.3 Å². The highest BCUT2D eigenvalue weighted by atomic mass is 32.2. The molecule has 0 saturated heterocycles. The standard InChI is InChI=1S/C27H37N3O7S/c1-19(10-9-15-28)36-24-17-21(35-5)13-14-25(24)38(33,34)29-18-23(31)22(16-20-11-7-6-8-12-20)30-26(32)37-27(2,3)4/h6-8,11-14,17,19,22-23,29,31H,9-10,16,18H2,1-5H3,(H,30,32). The molecule has 2 aromatic rings. The minimum absolute atomic E-state index is 0.0597. The minimum atomic E-state index is -4.14. The molecule has 0 aromatic heterocycles. The first-order chi connectivity index (χ1) is 17.8. The number of rotatable bonds is 13. The van der Waals surface area contributed by atoms with Gasteiger partial charge in [0.1, 0.15) is 22.0 Å². The lowest BCUT2D eigenvalue weighted by Crippen LogP contribution is -2.50. The van der Waals surface area contributed by atoms with E-state index in [-0.39, 0.29) is 30.0 Å². The number of benzene rings is 2. The summed E-state index contributed by atoms with van der Waals surface area (Å²) >= 11 is 0. The van der Waals surface area contributed by atoms with E-state index in [0.717, 1.165) is 5.56 Å². The fraction of sp³-hybridized carbons (Fsp3) is 0.481. The van der Waals surface area contributed by atoms with Crippen LogP contribution in [0.25, 0.3) is 0 Å². The Hall–Kier alpha value is -3.33. The molecule has 3 unspecified atom stereocenters. The van der Waals surface area contributed by atoms with Crippen LogP contribution in [-0.4, -0.2) is 57.1 Å². The molecule has 0 aliphatic heterocycles. The van der Waals surface area contributed by atoms with Crippen LogP contribution in [0, 0.1) is 11.3 Å². The van der Waals surface area contributed by atoms with Crippen LogP contribution in [0.4, 0.5) is 4.79 Å². The predicted molar refractivity (Wildman–Crippen MR) is 142 cm³/mol. The van der Waals surface area contributed by atoms with Crippen molar-refractivity contribution in [2.75, 3.05) is 13.7 Å². The average Bonchev–Trinajstić information content (AvgIpc) is 2.85. The van der Waals surface area contributed by atoms with Crippen molar-refractivity contribution in [3.63, 3.8) is 0 Å². The van der Waals surface area contributed by atoms with Crippen LogP contribution in [0.2, 0.25) is 0 Å². The van der Waals surface area contributed by atoms with E-state index in [1.807, 2.05) is 36.4 Å². The van der Waals surface area contributed by atoms with Crippen molar-refractivity contribution in [1.82, 2.24) is 10.0 Å². The highest BCUT2D eigenvalue weighted by molar-refractivity contribution is 7.89. The second-order valence-corrected chi connectivity index (χ2v) is 11.5. The number of carbonyl (C=O) groups excluding carboxylic acids is 1. The molecular weight excluding hydrogens is 510 g/mol. The van der Waals surface area contributed by atoms with Crippen molar-refractivity contribution in [2.45, 2.75) is 75.7 Å². The second kappa shape index (κ2) is 14.0. The number of aliphatic hydroxyl groups excluding tert-OH is 1. The van der Waals surface area contributed by atoms with Gasteiger partial charge >= 0.3 is 6.09 Å². The number of amides is 1. The Morgan fingerprint density at radius 3 is 2.45 bits per heavy atom. The van der Waals surface area contributed by atoms with Crippen LogP contribution in [0.15, 0.2) is 53.4 Å². The smallest absolute Gasteiger partial charge is 0.407 e. The molecule has 0 aliphatic carbocycles. The SMILES string of the molecule is COc1ccc(S(=O)(=O)NCC(O)C(Cc2ccccc2)NC(=O)OC(C)(C)C)c(OC(C)CCC#N)c1. The van der Waals surface area contributed by atoms with E-state index in [1.165, 1.54) is 25.3 Å². The molecule has 3 N–H and O–H groups in total. The van der Waals surface area contributed by atoms with Crippen LogP contribution < -0.4 is 19.5 Å². The Morgan fingerprint density at radius 2 is 1.84 bits per heavy atom. The molecule has 38 heavy (non-hydrogen) atoms. The van der Waals surface area contributed by atoms with Gasteiger partial charge in [-0.05, 0) is 58.2 Å². The number of ether oxygens (including phenoxy) is 3. The average molecular weight is 548 g/mol. The summed E-state index contributed by atoms with van der Waals surface area (Å²) in [5.41, 5.74) is 0.0935. The zero-order chi connectivity index (χ0) is 28.3. The van der Waals surface area contributed by atoms with Crippen LogP contribution in [0.1, 0.15) is 46.1 Å². The summed E-state index contributed by atoms with van der Waals surface area (Å²) in [4.78, 5) is 12.3. The molecule has 1 amide bonds. The van der Waals surface area contributed by atoms with Crippen molar-refractivity contribution in [1.29, 1.82) is 5.26 Å². The van der Waals surface area contributed by atoms with E-state index in [1.54, 1.807) is 27.7 Å². The second-order valence-electron chi connectivity index (χ2n) is 9.80. The molecule has 0 bridgehead atoms. The molecule has 0 heterocycles. The molecule has 208 valence electrons. The molecule has 0 fully saturated rings. The van der Waals surface area contributed by atoms with Gasteiger partial charge in [0.05, 0.1) is 31.4 Å². The van der Waals surface area contributed by atoms with Crippen molar-refractivity contribution < 1.29 is 32.5 Å². The number of alkyl carbamates (subject to hydrolysis) is 1. The molecular formula is C27H37N3O7S. The number of nitrogens with one attached hydrogen (secondary N) is 2. The van der Waals surface area contributed by atoms with Gasteiger partial charge < -0.3 is 24.6 Å². The monoisotopic (exact) mass is 547 g/mol. The van der Waals surface area contributed by atoms with Crippen LogP contribution in [0.5, 0.6) is 11.5 Å². The van der Waals surface area contributed by atoms with Crippen LogP contribution >= 0.6 is 0 Å². The van der Waals surface area contributed by atoms with Crippen LogP contribution in [-0.2, 0) is 21.2 Å². The molecule has 2 rings (SSSR count). The predicted octanol–water partition coefficient (Wildman–Crippen LogP) is 3.54. The fourth-order valence-electron chi connectivity index (χ4n) is 3.50. The summed E-state index contributed by atoms with van der Waals surface area (Å²) in [5, 5.41) is 22.4. The van der Waals surface area contributed by atoms with Crippen molar-refractivity contribution >= 4 is 16.1 Å². The van der Waals surface area contributed by atoms with E-state index in [4.69, 9.17) is 19.5 Å². The number of carbonyl (C=O) groups is 1. The number of hydrogen-bond acceptors (Lipinski definition) is 8. The Bertz CT molecular complexity index is 1190. The summed E-state index contributed by atoms with van der Waals surface area (Å²) in [6.07, 6.45) is -1.51. The first-order valence-corrected chi connectivity index (χ1v) is 13.8. The molecule has 0 spiro atoms. The number of sulfonamides is 1. The van der Waals surface area contributed by atoms with Gasteiger partial charge in [-0.15, -0.1) is 0 Å². The highest BCUT2D eigenvalue weighted by Crippen LogP contribution is 2.30. The van der Waals surface area contributed by atoms with Gasteiger partial charge in [0.2, 0.25) is 10.0 Å². The number of methoxy groups -OCH3 is 1. The maximum Gasteiger partial charge on any atom is 0.407 e. The first-order valence-electron chi connectivity index (χ1n) is 12.3. The molecule has 10 nitrogen and oxygen atoms in total. The Morgan fingerprint density at radius 1 is 1.16 bits per heavy atom. The maximum absolute atomic E-state index is 13.2. The topological polar surface area (TPSA) is 147 Å². The van der Waals surface area contributed by atoms with Gasteiger partial charge in [-0.1, -0.05) is 30.3 Å². The summed E-state index contributed by atoms with van der Waals surface area (Å²) < 4.78 is 45.2. The van der Waals surface area contributed by atoms with Crippen molar-refractivity contribution in [3.05, 3.63) is 54.1 Å². The molecule has 11 heteroatoms. The fourth-order valence-corrected chi connectivity index (χ4v) is 4.66. The largest absolute Gasteiger partial charge is 0.497 e. The number of nitrogens with zero attached hydrogens (tertiary/aromatic N) is 1. The van der Waals surface area contributed by atoms with E-state index in [0.29, 0.717) is 12.2 Å². The maximum atomic E-state index is 13.2. The van der Waals surface area contributed by atoms with Gasteiger partial charge in [-0.2, -0.15) is 5.26 Å². The molecule has 0 aliphatic rings.